The lowest BCUT2D eigenvalue weighted by Crippen LogP contribution is -2.29. The second-order valence-electron chi connectivity index (χ2n) is 5.28. The van der Waals surface area contributed by atoms with Gasteiger partial charge in [-0.15, -0.1) is 0 Å². The van der Waals surface area contributed by atoms with E-state index in [1.54, 1.807) is 27.7 Å². The normalized spacial score (nSPS) is 11.4. The van der Waals surface area contributed by atoms with Crippen LogP contribution in [0.5, 0.6) is 0 Å². The van der Waals surface area contributed by atoms with Crippen LogP contribution in [0.1, 0.15) is 43.7 Å². The predicted octanol–water partition coefficient (Wildman–Crippen LogP) is 3.42. The van der Waals surface area contributed by atoms with E-state index in [1.165, 1.54) is 6.07 Å². The fraction of sp³-hybridized carbons (Fsp3) is 0.429. The molecule has 7 nitrogen and oxygen atoms in total. The number of hydrogen-bond acceptors (Lipinski definition) is 6. The molecule has 0 aliphatic carbocycles. The van der Waals surface area contributed by atoms with Gasteiger partial charge in [-0.05, 0) is 33.8 Å². The molecule has 1 aromatic rings. The molecule has 0 aliphatic heterocycles. The average molecular weight is 362 g/mol. The van der Waals surface area contributed by atoms with Gasteiger partial charge in [-0.3, -0.25) is 0 Å². The zero-order valence-electron chi connectivity index (χ0n) is 13.1. The van der Waals surface area contributed by atoms with Crippen molar-refractivity contribution in [2.45, 2.75) is 33.3 Å². The van der Waals surface area contributed by atoms with E-state index < -0.39 is 17.7 Å². The summed E-state index contributed by atoms with van der Waals surface area (Å²) in [4.78, 5) is 27.4. The summed E-state index contributed by atoms with van der Waals surface area (Å²) in [6.45, 7) is 6.98. The van der Waals surface area contributed by atoms with Gasteiger partial charge in [0.1, 0.15) is 22.0 Å². The minimum Gasteiger partial charge on any atom is -0.462 e. The topological polar surface area (TPSA) is 89.9 Å². The first kappa shape index (κ1) is 19.2. The van der Waals surface area contributed by atoms with Gasteiger partial charge < -0.3 is 9.47 Å². The van der Waals surface area contributed by atoms with Crippen molar-refractivity contribution in [1.82, 2.24) is 10.4 Å². The number of carbonyl (C=O) groups excluding carboxylic acids is 2. The van der Waals surface area contributed by atoms with Gasteiger partial charge in [0.05, 0.1) is 17.8 Å². The Kier molecular flexibility index (Phi) is 6.78. The second-order valence-corrected chi connectivity index (χ2v) is 6.07. The number of hydrogen-bond donors (Lipinski definition) is 1. The van der Waals surface area contributed by atoms with Crippen molar-refractivity contribution < 1.29 is 19.1 Å². The average Bonchev–Trinajstić information content (AvgIpc) is 2.35. The van der Waals surface area contributed by atoms with Gasteiger partial charge in [0.2, 0.25) is 0 Å². The van der Waals surface area contributed by atoms with Crippen molar-refractivity contribution in [2.24, 2.45) is 5.10 Å². The highest BCUT2D eigenvalue weighted by atomic mass is 35.5. The summed E-state index contributed by atoms with van der Waals surface area (Å²) in [6.07, 6.45) is 0.382. The molecule has 0 fully saturated rings. The Hall–Kier alpha value is -1.86. The lowest BCUT2D eigenvalue weighted by Gasteiger charge is -2.18. The number of amides is 1. The van der Waals surface area contributed by atoms with Crippen molar-refractivity contribution in [2.75, 3.05) is 6.61 Å². The number of nitrogens with zero attached hydrogens (tertiary/aromatic N) is 2. The van der Waals surface area contributed by atoms with Crippen molar-refractivity contribution in [1.29, 1.82) is 0 Å². The van der Waals surface area contributed by atoms with E-state index in [-0.39, 0.29) is 28.0 Å². The van der Waals surface area contributed by atoms with Crippen LogP contribution in [0.4, 0.5) is 4.79 Å². The molecule has 23 heavy (non-hydrogen) atoms. The molecular weight excluding hydrogens is 345 g/mol. The molecule has 1 rings (SSSR count). The van der Waals surface area contributed by atoms with E-state index in [2.05, 4.69) is 15.5 Å². The summed E-state index contributed by atoms with van der Waals surface area (Å²) >= 11 is 11.8. The SMILES string of the molecule is CCOC(=O)c1c(Cl)cc(Cl)nc1/C=N/NC(=O)OC(C)(C)C. The Labute approximate surface area is 144 Å². The summed E-state index contributed by atoms with van der Waals surface area (Å²) < 4.78 is 9.91. The van der Waals surface area contributed by atoms with Crippen LogP contribution in [0.2, 0.25) is 10.2 Å². The highest BCUT2D eigenvalue weighted by molar-refractivity contribution is 6.36. The molecule has 1 amide bonds. The Morgan fingerprint density at radius 2 is 2.04 bits per heavy atom. The zero-order chi connectivity index (χ0) is 17.6. The standard InChI is InChI=1S/C14H17Cl2N3O4/c1-5-22-12(20)11-8(15)6-10(16)18-9(11)7-17-19-13(21)23-14(2,3)4/h6-7H,5H2,1-4H3,(H,19,21)/b17-7+. The van der Waals surface area contributed by atoms with Gasteiger partial charge in [0.25, 0.3) is 0 Å². The summed E-state index contributed by atoms with van der Waals surface area (Å²) in [5, 5.41) is 3.82. The van der Waals surface area contributed by atoms with Crippen LogP contribution >= 0.6 is 23.2 Å². The summed E-state index contributed by atoms with van der Waals surface area (Å²) in [6, 6.07) is 1.31. The van der Waals surface area contributed by atoms with Crippen LogP contribution in [0.15, 0.2) is 11.2 Å². The molecule has 0 saturated carbocycles. The summed E-state index contributed by atoms with van der Waals surface area (Å²) in [5.74, 6) is -0.666. The molecule has 1 N–H and O–H groups in total. The van der Waals surface area contributed by atoms with Crippen LogP contribution in [0, 0.1) is 0 Å². The lowest BCUT2D eigenvalue weighted by molar-refractivity contribution is 0.0518. The zero-order valence-corrected chi connectivity index (χ0v) is 14.7. The number of carbonyl (C=O) groups is 2. The molecule has 0 atom stereocenters. The second kappa shape index (κ2) is 8.12. The first-order chi connectivity index (χ1) is 10.6. The third-order valence-corrected chi connectivity index (χ3v) is 2.68. The monoisotopic (exact) mass is 361 g/mol. The molecule has 1 aromatic heterocycles. The molecular formula is C14H17Cl2N3O4. The maximum atomic E-state index is 11.9. The van der Waals surface area contributed by atoms with E-state index in [4.69, 9.17) is 32.7 Å². The fourth-order valence-electron chi connectivity index (χ4n) is 1.45. The molecule has 0 aliphatic rings. The van der Waals surface area contributed by atoms with Crippen LogP contribution in [-0.2, 0) is 9.47 Å². The predicted molar refractivity (Wildman–Crippen MR) is 87.2 cm³/mol. The van der Waals surface area contributed by atoms with Gasteiger partial charge in [0.15, 0.2) is 0 Å². The smallest absolute Gasteiger partial charge is 0.428 e. The van der Waals surface area contributed by atoms with Gasteiger partial charge in [-0.25, -0.2) is 20.0 Å². The van der Waals surface area contributed by atoms with E-state index in [1.807, 2.05) is 0 Å². The highest BCUT2D eigenvalue weighted by Crippen LogP contribution is 2.22. The minimum atomic E-state index is -0.750. The molecule has 0 saturated heterocycles. The first-order valence-electron chi connectivity index (χ1n) is 6.69. The fourth-order valence-corrected chi connectivity index (χ4v) is 1.98. The Bertz CT molecular complexity index is 627. The van der Waals surface area contributed by atoms with E-state index in [0.29, 0.717) is 0 Å². The largest absolute Gasteiger partial charge is 0.462 e. The Balaban J connectivity index is 2.97. The minimum absolute atomic E-state index is 0.00709. The molecule has 0 radical (unpaired) electrons. The van der Waals surface area contributed by atoms with E-state index in [9.17, 15) is 9.59 Å². The van der Waals surface area contributed by atoms with Crippen LogP contribution < -0.4 is 5.43 Å². The van der Waals surface area contributed by atoms with Gasteiger partial charge in [-0.2, -0.15) is 5.10 Å². The van der Waals surface area contributed by atoms with E-state index >= 15 is 0 Å². The van der Waals surface area contributed by atoms with Crippen molar-refractivity contribution in [3.8, 4) is 0 Å². The number of aromatic nitrogens is 1. The molecule has 9 heteroatoms. The van der Waals surface area contributed by atoms with Crippen LogP contribution in [0.25, 0.3) is 0 Å². The Morgan fingerprint density at radius 1 is 1.39 bits per heavy atom. The molecule has 0 bridgehead atoms. The molecule has 0 unspecified atom stereocenters. The molecule has 1 heterocycles. The number of ether oxygens (including phenoxy) is 2. The summed E-state index contributed by atoms with van der Waals surface area (Å²) in [7, 11) is 0. The maximum Gasteiger partial charge on any atom is 0.428 e. The number of rotatable bonds is 4. The Morgan fingerprint density at radius 3 is 2.61 bits per heavy atom. The van der Waals surface area contributed by atoms with Crippen molar-refractivity contribution in [3.63, 3.8) is 0 Å². The molecule has 0 spiro atoms. The number of halogens is 2. The van der Waals surface area contributed by atoms with Gasteiger partial charge >= 0.3 is 12.1 Å². The van der Waals surface area contributed by atoms with Gasteiger partial charge in [-0.1, -0.05) is 23.2 Å². The third-order valence-electron chi connectivity index (χ3n) is 2.19. The van der Waals surface area contributed by atoms with Gasteiger partial charge in [0, 0.05) is 0 Å². The van der Waals surface area contributed by atoms with Crippen molar-refractivity contribution >= 4 is 41.5 Å². The van der Waals surface area contributed by atoms with Crippen LogP contribution in [-0.4, -0.2) is 35.5 Å². The third kappa shape index (κ3) is 6.42. The first-order valence-corrected chi connectivity index (χ1v) is 7.45. The van der Waals surface area contributed by atoms with E-state index in [0.717, 1.165) is 6.21 Å². The number of esters is 1. The van der Waals surface area contributed by atoms with Crippen molar-refractivity contribution in [3.05, 3.63) is 27.5 Å². The number of nitrogens with one attached hydrogen (secondary N) is 1. The van der Waals surface area contributed by atoms with Crippen LogP contribution in [0.3, 0.4) is 0 Å². The lowest BCUT2D eigenvalue weighted by atomic mass is 10.2. The molecule has 0 aromatic carbocycles. The number of pyridine rings is 1. The summed E-state index contributed by atoms with van der Waals surface area (Å²) in [5.41, 5.74) is 1.57. The quantitative estimate of drug-likeness (QED) is 0.384. The molecule has 126 valence electrons. The maximum absolute atomic E-state index is 11.9. The highest BCUT2D eigenvalue weighted by Gasteiger charge is 2.19. The number of hydrazone groups is 1.